The lowest BCUT2D eigenvalue weighted by atomic mass is 9.79. The number of nitrogens with one attached hydrogen (secondary N) is 1. The van der Waals surface area contributed by atoms with Crippen molar-refractivity contribution in [1.82, 2.24) is 19.3 Å². The average Bonchev–Trinajstić information content (AvgIpc) is 3.58. The summed E-state index contributed by atoms with van der Waals surface area (Å²) >= 11 is 0. The van der Waals surface area contributed by atoms with Gasteiger partial charge in [0.05, 0.1) is 17.0 Å². The SMILES string of the molecule is CNC(=O)C(O)(c1ccccc1)c1ccccc1[N+](C(=O)[C@@H]1CCCC[C@@H]1N(C)C(=O)c1cn(C)c2ccccc12)(c1ccc2ccccc2c1)[C@@H](C)C(=O)O. The van der Waals surface area contributed by atoms with Gasteiger partial charge in [-0.15, -0.1) is 0 Å². The third-order valence-corrected chi connectivity index (χ3v) is 11.8. The summed E-state index contributed by atoms with van der Waals surface area (Å²) in [5.41, 5.74) is -0.108. The molecule has 5 atom stereocenters. The van der Waals surface area contributed by atoms with Gasteiger partial charge in [-0.25, -0.2) is 9.59 Å². The van der Waals surface area contributed by atoms with Crippen LogP contribution < -0.4 is 9.80 Å². The molecule has 5 aromatic carbocycles. The molecule has 0 aliphatic heterocycles. The van der Waals surface area contributed by atoms with Gasteiger partial charge >= 0.3 is 11.9 Å². The number of aliphatic hydroxyl groups is 1. The predicted molar refractivity (Wildman–Crippen MR) is 218 cm³/mol. The number of para-hydroxylation sites is 2. The maximum Gasteiger partial charge on any atom is 0.363 e. The number of carbonyl (C=O) groups is 4. The number of likely N-dealkylation sites (N-methyl/N-ethyl adjacent to an activating group) is 1. The van der Waals surface area contributed by atoms with Crippen molar-refractivity contribution in [2.75, 3.05) is 14.1 Å². The molecule has 6 aromatic rings. The first-order valence-corrected chi connectivity index (χ1v) is 19.0. The molecular weight excluding hydrogens is 705 g/mol. The normalized spacial score (nSPS) is 18.4. The number of quaternary nitrogens is 1. The second-order valence-electron chi connectivity index (χ2n) is 14.8. The van der Waals surface area contributed by atoms with E-state index in [1.165, 1.54) is 14.0 Å². The van der Waals surface area contributed by atoms with Gasteiger partial charge in [0.1, 0.15) is 5.69 Å². The number of amides is 3. The molecule has 1 aliphatic rings. The van der Waals surface area contributed by atoms with Crippen molar-refractivity contribution in [1.29, 1.82) is 0 Å². The Kier molecular flexibility index (Phi) is 10.4. The number of aromatic nitrogens is 1. The topological polar surface area (TPSA) is 129 Å². The van der Waals surface area contributed by atoms with Crippen LogP contribution in [0.15, 0.2) is 128 Å². The number of carboxylic acids is 1. The molecule has 0 spiro atoms. The van der Waals surface area contributed by atoms with Crippen LogP contribution in [0.4, 0.5) is 11.4 Å². The quantitative estimate of drug-likeness (QED) is 0.126. The van der Waals surface area contributed by atoms with E-state index < -0.39 is 45.9 Å². The van der Waals surface area contributed by atoms with Crippen LogP contribution in [0.1, 0.15) is 54.1 Å². The summed E-state index contributed by atoms with van der Waals surface area (Å²) in [6, 6.07) is 33.7. The molecule has 10 nitrogen and oxygen atoms in total. The van der Waals surface area contributed by atoms with E-state index in [4.69, 9.17) is 0 Å². The van der Waals surface area contributed by atoms with Crippen molar-refractivity contribution < 1.29 is 29.4 Å². The highest BCUT2D eigenvalue weighted by Crippen LogP contribution is 2.49. The van der Waals surface area contributed by atoms with Crippen molar-refractivity contribution in [2.24, 2.45) is 13.0 Å². The molecule has 0 radical (unpaired) electrons. The zero-order valence-corrected chi connectivity index (χ0v) is 32.1. The van der Waals surface area contributed by atoms with Gasteiger partial charge in [0.2, 0.25) is 6.04 Å². The fraction of sp³-hybridized carbons (Fsp3) is 0.261. The lowest BCUT2D eigenvalue weighted by Crippen LogP contribution is -2.64. The van der Waals surface area contributed by atoms with Crippen LogP contribution in [0.3, 0.4) is 0 Å². The summed E-state index contributed by atoms with van der Waals surface area (Å²) in [4.78, 5) is 60.0. The van der Waals surface area contributed by atoms with Crippen LogP contribution in [-0.4, -0.2) is 69.5 Å². The predicted octanol–water partition coefficient (Wildman–Crippen LogP) is 7.28. The van der Waals surface area contributed by atoms with Crippen molar-refractivity contribution in [2.45, 2.75) is 50.3 Å². The number of aliphatic carboxylic acids is 1. The Morgan fingerprint density at radius 1 is 0.839 bits per heavy atom. The number of fused-ring (bicyclic) bond motifs is 2. The highest BCUT2D eigenvalue weighted by Gasteiger charge is 2.58. The molecule has 2 unspecified atom stereocenters. The fourth-order valence-electron chi connectivity index (χ4n) is 8.90. The number of carboxylic acid groups (broad SMARTS) is 1. The van der Waals surface area contributed by atoms with Crippen LogP contribution in [0.25, 0.3) is 21.7 Å². The Hall–Kier alpha value is -6.10. The maximum atomic E-state index is 16.2. The van der Waals surface area contributed by atoms with Crippen LogP contribution in [0.5, 0.6) is 0 Å². The number of carbonyl (C=O) groups excluding carboxylic acids is 3. The smallest absolute Gasteiger partial charge is 0.363 e. The lowest BCUT2D eigenvalue weighted by molar-refractivity contribution is -0.149. The Labute approximate surface area is 326 Å². The van der Waals surface area contributed by atoms with Crippen molar-refractivity contribution >= 4 is 56.7 Å². The minimum absolute atomic E-state index is 0.0627. The molecule has 56 heavy (non-hydrogen) atoms. The van der Waals surface area contributed by atoms with Crippen molar-refractivity contribution in [3.8, 4) is 0 Å². The third-order valence-electron chi connectivity index (χ3n) is 11.8. The second-order valence-corrected chi connectivity index (χ2v) is 14.8. The number of benzene rings is 5. The van der Waals surface area contributed by atoms with Crippen LogP contribution in [0.2, 0.25) is 0 Å². The van der Waals surface area contributed by atoms with E-state index in [9.17, 15) is 24.6 Å². The minimum atomic E-state index is -2.33. The third kappa shape index (κ3) is 6.15. The molecule has 1 aromatic heterocycles. The summed E-state index contributed by atoms with van der Waals surface area (Å²) in [6.07, 6.45) is 4.20. The van der Waals surface area contributed by atoms with Gasteiger partial charge in [0.15, 0.2) is 11.3 Å². The molecule has 3 N–H and O–H groups in total. The highest BCUT2D eigenvalue weighted by atomic mass is 16.4. The van der Waals surface area contributed by atoms with Crippen molar-refractivity contribution in [3.05, 3.63) is 144 Å². The van der Waals surface area contributed by atoms with E-state index in [1.807, 2.05) is 78.5 Å². The lowest BCUT2D eigenvalue weighted by Gasteiger charge is -2.45. The number of hydrogen-bond acceptors (Lipinski definition) is 5. The van der Waals surface area contributed by atoms with Gasteiger partial charge in [0.25, 0.3) is 11.8 Å². The molecule has 1 heterocycles. The van der Waals surface area contributed by atoms with Crippen molar-refractivity contribution in [3.63, 3.8) is 0 Å². The summed E-state index contributed by atoms with van der Waals surface area (Å²) in [5.74, 6) is -3.51. The van der Waals surface area contributed by atoms with Gasteiger partial charge in [-0.05, 0) is 47.4 Å². The van der Waals surface area contributed by atoms with E-state index in [-0.39, 0.29) is 22.7 Å². The number of nitrogens with zero attached hydrogens (tertiary/aromatic N) is 3. The summed E-state index contributed by atoms with van der Waals surface area (Å²) in [5, 5.41) is 29.0. The molecule has 1 saturated carbocycles. The van der Waals surface area contributed by atoms with E-state index in [0.29, 0.717) is 30.5 Å². The molecule has 3 amide bonds. The molecular formula is C46H47N4O6+. The average molecular weight is 752 g/mol. The minimum Gasteiger partial charge on any atom is -0.477 e. The first-order chi connectivity index (χ1) is 27.0. The van der Waals surface area contributed by atoms with E-state index in [2.05, 4.69) is 5.32 Å². The van der Waals surface area contributed by atoms with Gasteiger partial charge in [0, 0.05) is 69.4 Å². The molecule has 286 valence electrons. The fourth-order valence-corrected chi connectivity index (χ4v) is 8.90. The van der Waals surface area contributed by atoms with Gasteiger partial charge < -0.3 is 25.0 Å². The summed E-state index contributed by atoms with van der Waals surface area (Å²) in [6.45, 7) is 1.50. The van der Waals surface area contributed by atoms with Crippen LogP contribution >= 0.6 is 0 Å². The maximum absolute atomic E-state index is 16.2. The molecule has 1 fully saturated rings. The van der Waals surface area contributed by atoms with Gasteiger partial charge in [-0.3, -0.25) is 9.59 Å². The Balaban J connectivity index is 1.49. The first kappa shape index (κ1) is 38.2. The Morgan fingerprint density at radius 3 is 2.21 bits per heavy atom. The standard InChI is InChI=1S/C46H46N4O6/c1-30(44(53)54)50(34-27-26-31-16-8-9-17-32(31)28-34,41-25-15-12-22-38(41)46(56,45(55)47-2)33-18-6-5-7-19-33)43(52)36-21-11-14-24-40(36)49(4)42(51)37-29-48(3)39-23-13-10-20-35(37)39/h5-10,12-13,15-20,22-23,25-30,36,40,56H,11,14,21,24H2,1-4H3,(H-,47,53,54,55)/p+1/t30-,36+,40-,46?,50?/m0/s1. The zero-order chi connectivity index (χ0) is 39.8. The van der Waals surface area contributed by atoms with Gasteiger partial charge in [-0.1, -0.05) is 97.8 Å². The monoisotopic (exact) mass is 751 g/mol. The van der Waals surface area contributed by atoms with E-state index >= 15 is 4.79 Å². The molecule has 0 bridgehead atoms. The largest absolute Gasteiger partial charge is 0.477 e. The molecule has 0 saturated heterocycles. The van der Waals surface area contributed by atoms with E-state index in [1.54, 1.807) is 72.6 Å². The van der Waals surface area contributed by atoms with Gasteiger partial charge in [-0.2, -0.15) is 4.48 Å². The van der Waals surface area contributed by atoms with Crippen LogP contribution in [0, 0.1) is 5.92 Å². The number of hydrogen-bond donors (Lipinski definition) is 3. The van der Waals surface area contributed by atoms with Crippen LogP contribution in [-0.2, 0) is 27.0 Å². The molecule has 10 heteroatoms. The second kappa shape index (κ2) is 15.2. The summed E-state index contributed by atoms with van der Waals surface area (Å²) < 4.78 is 1.05. The Morgan fingerprint density at radius 2 is 1.48 bits per heavy atom. The van der Waals surface area contributed by atoms with E-state index in [0.717, 1.165) is 28.1 Å². The molecule has 7 rings (SSSR count). The first-order valence-electron chi connectivity index (χ1n) is 19.0. The highest BCUT2D eigenvalue weighted by molar-refractivity contribution is 6.08. The number of aryl methyl sites for hydroxylation is 1. The summed E-state index contributed by atoms with van der Waals surface area (Å²) in [7, 11) is 5.03. The zero-order valence-electron chi connectivity index (χ0n) is 32.1. The Bertz CT molecular complexity index is 2460. The molecule has 1 aliphatic carbocycles. The number of rotatable bonds is 10.